The molecule has 0 radical (unpaired) electrons. The van der Waals surface area contributed by atoms with E-state index < -0.39 is 0 Å². The lowest BCUT2D eigenvalue weighted by atomic mass is 10.2. The van der Waals surface area contributed by atoms with Crippen molar-refractivity contribution in [2.75, 3.05) is 12.4 Å². The highest BCUT2D eigenvalue weighted by Gasteiger charge is 1.99. The highest BCUT2D eigenvalue weighted by molar-refractivity contribution is 9.09. The second-order valence-corrected chi connectivity index (χ2v) is 2.84. The molecule has 1 aromatic rings. The van der Waals surface area contributed by atoms with E-state index in [0.29, 0.717) is 16.6 Å². The van der Waals surface area contributed by atoms with Gasteiger partial charge in [0.1, 0.15) is 11.6 Å². The first-order valence-corrected chi connectivity index (χ1v) is 4.78. The highest BCUT2D eigenvalue weighted by Crippen LogP contribution is 2.15. The lowest BCUT2D eigenvalue weighted by molar-refractivity contribution is 0.413. The zero-order valence-corrected chi connectivity index (χ0v) is 8.69. The summed E-state index contributed by atoms with van der Waals surface area (Å²) < 4.78 is 18.0. The summed E-state index contributed by atoms with van der Waals surface area (Å²) in [4.78, 5) is 0. The molecule has 0 amide bonds. The molecule has 3 heteroatoms. The molecular weight excluding hydrogens is 235 g/mol. The molecular formula is C10H8BrFO. The van der Waals surface area contributed by atoms with Crippen molar-refractivity contribution in [1.82, 2.24) is 0 Å². The predicted molar refractivity (Wildman–Crippen MR) is 53.6 cm³/mol. The van der Waals surface area contributed by atoms with Gasteiger partial charge in [0.05, 0.1) is 18.0 Å². The van der Waals surface area contributed by atoms with Gasteiger partial charge in [-0.1, -0.05) is 27.8 Å². The number of alkyl halides is 1. The average Bonchev–Trinajstić information content (AvgIpc) is 2.17. The van der Waals surface area contributed by atoms with Gasteiger partial charge in [-0.05, 0) is 18.2 Å². The summed E-state index contributed by atoms with van der Waals surface area (Å²) in [6.07, 6.45) is 0. The third-order valence-electron chi connectivity index (χ3n) is 1.46. The van der Waals surface area contributed by atoms with Gasteiger partial charge in [-0.25, -0.2) is 4.39 Å². The van der Waals surface area contributed by atoms with Crippen molar-refractivity contribution in [3.05, 3.63) is 29.6 Å². The molecule has 13 heavy (non-hydrogen) atoms. The second-order valence-electron chi connectivity index (χ2n) is 2.28. The minimum atomic E-state index is -0.325. The number of hydrogen-bond donors (Lipinski definition) is 0. The lowest BCUT2D eigenvalue weighted by Crippen LogP contribution is -1.87. The first-order valence-electron chi connectivity index (χ1n) is 3.66. The third kappa shape index (κ3) is 2.74. The van der Waals surface area contributed by atoms with E-state index in [2.05, 4.69) is 27.8 Å². The van der Waals surface area contributed by atoms with Crippen LogP contribution in [-0.2, 0) is 0 Å². The monoisotopic (exact) mass is 242 g/mol. The smallest absolute Gasteiger partial charge is 0.139 e. The first-order chi connectivity index (χ1) is 6.27. The Hall–Kier alpha value is -1.01. The zero-order chi connectivity index (χ0) is 9.68. The minimum Gasteiger partial charge on any atom is -0.497 e. The molecule has 0 aliphatic heterocycles. The summed E-state index contributed by atoms with van der Waals surface area (Å²) in [7, 11) is 1.54. The number of ether oxygens (including phenoxy) is 1. The molecule has 0 atom stereocenters. The van der Waals surface area contributed by atoms with Crippen molar-refractivity contribution in [3.8, 4) is 17.6 Å². The number of hydrogen-bond acceptors (Lipinski definition) is 1. The maximum absolute atomic E-state index is 13.1. The Morgan fingerprint density at radius 3 is 2.92 bits per heavy atom. The Labute approximate surface area is 85.0 Å². The van der Waals surface area contributed by atoms with Crippen molar-refractivity contribution in [3.63, 3.8) is 0 Å². The summed E-state index contributed by atoms with van der Waals surface area (Å²) in [6, 6.07) is 4.48. The van der Waals surface area contributed by atoms with Gasteiger partial charge in [0.25, 0.3) is 0 Å². The van der Waals surface area contributed by atoms with E-state index in [-0.39, 0.29) is 5.82 Å². The molecule has 0 saturated carbocycles. The molecule has 1 nitrogen and oxygen atoms in total. The summed E-state index contributed by atoms with van der Waals surface area (Å²) >= 11 is 3.14. The molecule has 0 aliphatic carbocycles. The van der Waals surface area contributed by atoms with Crippen molar-refractivity contribution in [1.29, 1.82) is 0 Å². The molecule has 0 N–H and O–H groups in total. The van der Waals surface area contributed by atoms with Crippen molar-refractivity contribution in [2.45, 2.75) is 0 Å². The van der Waals surface area contributed by atoms with Crippen LogP contribution in [0.15, 0.2) is 18.2 Å². The molecule has 0 aliphatic rings. The van der Waals surface area contributed by atoms with E-state index in [4.69, 9.17) is 4.74 Å². The van der Waals surface area contributed by atoms with Crippen LogP contribution in [0, 0.1) is 17.7 Å². The number of benzene rings is 1. The Balaban J connectivity index is 3.04. The summed E-state index contributed by atoms with van der Waals surface area (Å²) in [6.45, 7) is 0. The van der Waals surface area contributed by atoms with E-state index >= 15 is 0 Å². The van der Waals surface area contributed by atoms with Gasteiger partial charge in [0.2, 0.25) is 0 Å². The molecule has 1 rings (SSSR count). The molecule has 1 aromatic carbocycles. The van der Waals surface area contributed by atoms with Crippen molar-refractivity contribution >= 4 is 15.9 Å². The van der Waals surface area contributed by atoms with Crippen molar-refractivity contribution < 1.29 is 9.13 Å². The molecule has 0 heterocycles. The Bertz CT molecular complexity index is 352. The number of halogens is 2. The van der Waals surface area contributed by atoms with Crippen LogP contribution in [0.3, 0.4) is 0 Å². The minimum absolute atomic E-state index is 0.325. The van der Waals surface area contributed by atoms with E-state index in [1.807, 2.05) is 0 Å². The largest absolute Gasteiger partial charge is 0.497 e. The van der Waals surface area contributed by atoms with Gasteiger partial charge >= 0.3 is 0 Å². The van der Waals surface area contributed by atoms with Gasteiger partial charge in [-0.15, -0.1) is 0 Å². The van der Waals surface area contributed by atoms with E-state index in [0.717, 1.165) is 0 Å². The van der Waals surface area contributed by atoms with Crippen LogP contribution in [0.4, 0.5) is 4.39 Å². The van der Waals surface area contributed by atoms with Crippen LogP contribution in [0.2, 0.25) is 0 Å². The number of methoxy groups -OCH3 is 1. The number of rotatable bonds is 1. The first kappa shape index (κ1) is 10.1. The molecule has 0 fully saturated rings. The van der Waals surface area contributed by atoms with Crippen LogP contribution in [0.1, 0.15) is 5.56 Å². The fraction of sp³-hybridized carbons (Fsp3) is 0.200. The predicted octanol–water partition coefficient (Wildman–Crippen LogP) is 2.58. The molecule has 0 bridgehead atoms. The van der Waals surface area contributed by atoms with Crippen LogP contribution in [0.25, 0.3) is 0 Å². The van der Waals surface area contributed by atoms with Crippen LogP contribution >= 0.6 is 15.9 Å². The highest BCUT2D eigenvalue weighted by atomic mass is 79.9. The third-order valence-corrected chi connectivity index (χ3v) is 1.74. The van der Waals surface area contributed by atoms with Crippen molar-refractivity contribution in [2.24, 2.45) is 0 Å². The van der Waals surface area contributed by atoms with Crippen LogP contribution in [0.5, 0.6) is 5.75 Å². The Kier molecular flexibility index (Phi) is 3.78. The molecule has 0 unspecified atom stereocenters. The SMILES string of the molecule is COc1ccc(F)c(C#CCBr)c1. The molecule has 0 saturated heterocycles. The normalized spacial score (nSPS) is 8.85. The standard InChI is InChI=1S/C10H8BrFO/c1-13-9-4-5-10(12)8(7-9)3-2-6-11/h4-5,7H,6H2,1H3. The topological polar surface area (TPSA) is 9.23 Å². The lowest BCUT2D eigenvalue weighted by Gasteiger charge is -1.99. The fourth-order valence-corrected chi connectivity index (χ4v) is 0.996. The van der Waals surface area contributed by atoms with Gasteiger partial charge < -0.3 is 4.74 Å². The quantitative estimate of drug-likeness (QED) is 0.544. The molecule has 0 spiro atoms. The summed E-state index contributed by atoms with van der Waals surface area (Å²) in [5.41, 5.74) is 0.360. The second kappa shape index (κ2) is 4.88. The zero-order valence-electron chi connectivity index (χ0n) is 7.10. The summed E-state index contributed by atoms with van der Waals surface area (Å²) in [5, 5.41) is 0.531. The van der Waals surface area contributed by atoms with E-state index in [1.54, 1.807) is 12.1 Å². The Morgan fingerprint density at radius 2 is 2.31 bits per heavy atom. The van der Waals surface area contributed by atoms with E-state index in [9.17, 15) is 4.39 Å². The molecule has 68 valence electrons. The van der Waals surface area contributed by atoms with E-state index in [1.165, 1.54) is 13.2 Å². The van der Waals surface area contributed by atoms with Crippen LogP contribution in [-0.4, -0.2) is 12.4 Å². The summed E-state index contributed by atoms with van der Waals surface area (Å²) in [5.74, 6) is 5.70. The van der Waals surface area contributed by atoms with Crippen LogP contribution < -0.4 is 4.74 Å². The fourth-order valence-electron chi connectivity index (χ4n) is 0.856. The van der Waals surface area contributed by atoms with Gasteiger partial charge in [0, 0.05) is 0 Å². The maximum Gasteiger partial charge on any atom is 0.139 e. The average molecular weight is 243 g/mol. The Morgan fingerprint density at radius 1 is 1.54 bits per heavy atom. The van der Waals surface area contributed by atoms with Gasteiger partial charge in [0.15, 0.2) is 0 Å². The van der Waals surface area contributed by atoms with Gasteiger partial charge in [-0.3, -0.25) is 0 Å². The maximum atomic E-state index is 13.1. The van der Waals surface area contributed by atoms with Gasteiger partial charge in [-0.2, -0.15) is 0 Å². The molecule has 0 aromatic heterocycles.